The zero-order valence-electron chi connectivity index (χ0n) is 13.7. The lowest BCUT2D eigenvalue weighted by Gasteiger charge is -2.26. The van der Waals surface area contributed by atoms with Crippen molar-refractivity contribution in [1.82, 2.24) is 5.32 Å². The molecule has 0 aliphatic rings. The molecule has 122 valence electrons. The van der Waals surface area contributed by atoms with Crippen LogP contribution in [0.25, 0.3) is 0 Å². The summed E-state index contributed by atoms with van der Waals surface area (Å²) in [6.45, 7) is 8.80. The molecule has 0 heterocycles. The zero-order valence-corrected chi connectivity index (χ0v) is 13.7. The summed E-state index contributed by atoms with van der Waals surface area (Å²) in [4.78, 5) is 22.6. The SMILES string of the molecule is COC(=O)C/C=C/[C@H](C)[C@H](O)[C@H](C)NC(=O)OC(C)(C)C. The first kappa shape index (κ1) is 19.4. The van der Waals surface area contributed by atoms with E-state index < -0.39 is 23.8 Å². The van der Waals surface area contributed by atoms with Gasteiger partial charge in [-0.15, -0.1) is 0 Å². The Balaban J connectivity index is 4.33. The minimum absolute atomic E-state index is 0.154. The van der Waals surface area contributed by atoms with Gasteiger partial charge in [-0.25, -0.2) is 4.79 Å². The molecule has 0 bridgehead atoms. The highest BCUT2D eigenvalue weighted by Crippen LogP contribution is 2.11. The van der Waals surface area contributed by atoms with E-state index in [0.717, 1.165) is 0 Å². The molecule has 0 aromatic carbocycles. The number of ether oxygens (including phenoxy) is 2. The summed E-state index contributed by atoms with van der Waals surface area (Å²) in [6, 6.07) is -0.474. The molecule has 0 fully saturated rings. The summed E-state index contributed by atoms with van der Waals surface area (Å²) >= 11 is 0. The third-order valence-electron chi connectivity index (χ3n) is 2.75. The van der Waals surface area contributed by atoms with E-state index in [1.54, 1.807) is 46.8 Å². The molecule has 0 unspecified atom stereocenters. The van der Waals surface area contributed by atoms with Gasteiger partial charge in [0.05, 0.1) is 25.7 Å². The Kier molecular flexibility index (Phi) is 8.02. The third kappa shape index (κ3) is 9.07. The number of aliphatic hydroxyl groups excluding tert-OH is 1. The van der Waals surface area contributed by atoms with Crippen molar-refractivity contribution in [2.75, 3.05) is 7.11 Å². The van der Waals surface area contributed by atoms with Gasteiger partial charge in [0.2, 0.25) is 0 Å². The number of hydrogen-bond donors (Lipinski definition) is 2. The molecule has 0 saturated heterocycles. The molecular formula is C15H27NO5. The van der Waals surface area contributed by atoms with Gasteiger partial charge in [0.25, 0.3) is 0 Å². The van der Waals surface area contributed by atoms with Gasteiger partial charge >= 0.3 is 12.1 Å². The van der Waals surface area contributed by atoms with Crippen molar-refractivity contribution in [3.8, 4) is 0 Å². The highest BCUT2D eigenvalue weighted by Gasteiger charge is 2.23. The molecule has 21 heavy (non-hydrogen) atoms. The minimum atomic E-state index is -0.786. The van der Waals surface area contributed by atoms with E-state index in [1.807, 2.05) is 0 Å². The van der Waals surface area contributed by atoms with Crippen LogP contribution < -0.4 is 5.32 Å². The highest BCUT2D eigenvalue weighted by molar-refractivity contribution is 5.70. The van der Waals surface area contributed by atoms with Gasteiger partial charge in [-0.2, -0.15) is 0 Å². The van der Waals surface area contributed by atoms with Crippen molar-refractivity contribution >= 4 is 12.1 Å². The molecular weight excluding hydrogens is 274 g/mol. The lowest BCUT2D eigenvalue weighted by Crippen LogP contribution is -2.45. The van der Waals surface area contributed by atoms with E-state index in [2.05, 4.69) is 10.1 Å². The van der Waals surface area contributed by atoms with Crippen molar-refractivity contribution in [2.24, 2.45) is 5.92 Å². The van der Waals surface area contributed by atoms with E-state index in [9.17, 15) is 14.7 Å². The molecule has 0 aromatic heterocycles. The van der Waals surface area contributed by atoms with Gasteiger partial charge in [0.15, 0.2) is 0 Å². The van der Waals surface area contributed by atoms with Gasteiger partial charge in [-0.1, -0.05) is 19.1 Å². The quantitative estimate of drug-likeness (QED) is 0.579. The Morgan fingerprint density at radius 3 is 2.33 bits per heavy atom. The number of methoxy groups -OCH3 is 1. The van der Waals surface area contributed by atoms with Crippen LogP contribution in [0, 0.1) is 5.92 Å². The maximum atomic E-state index is 11.6. The topological polar surface area (TPSA) is 84.9 Å². The maximum absolute atomic E-state index is 11.6. The van der Waals surface area contributed by atoms with Crippen LogP contribution in [-0.4, -0.2) is 42.0 Å². The van der Waals surface area contributed by atoms with Crippen LogP contribution in [0.15, 0.2) is 12.2 Å². The van der Waals surface area contributed by atoms with Crippen LogP contribution in [0.3, 0.4) is 0 Å². The van der Waals surface area contributed by atoms with E-state index in [1.165, 1.54) is 7.11 Å². The number of amides is 1. The Morgan fingerprint density at radius 1 is 1.29 bits per heavy atom. The van der Waals surface area contributed by atoms with E-state index >= 15 is 0 Å². The third-order valence-corrected chi connectivity index (χ3v) is 2.75. The fourth-order valence-corrected chi connectivity index (χ4v) is 1.61. The standard InChI is InChI=1S/C15H27NO5/c1-10(8-7-9-12(17)20-6)13(18)11(2)16-14(19)21-15(3,4)5/h7-8,10-11,13,18H,9H2,1-6H3,(H,16,19)/b8-7+/t10-,11-,13-/m0/s1. The first-order chi connectivity index (χ1) is 9.56. The van der Waals surface area contributed by atoms with Crippen LogP contribution in [0.1, 0.15) is 41.0 Å². The number of esters is 1. The predicted octanol–water partition coefficient (Wildman–Crippen LogP) is 2.02. The van der Waals surface area contributed by atoms with Gasteiger partial charge in [0.1, 0.15) is 5.60 Å². The largest absolute Gasteiger partial charge is 0.469 e. The molecule has 0 radical (unpaired) electrons. The van der Waals surface area contributed by atoms with Gasteiger partial charge in [-0.3, -0.25) is 4.79 Å². The van der Waals surface area contributed by atoms with Crippen LogP contribution in [0.2, 0.25) is 0 Å². The van der Waals surface area contributed by atoms with Gasteiger partial charge in [0, 0.05) is 5.92 Å². The van der Waals surface area contributed by atoms with Crippen LogP contribution in [-0.2, 0) is 14.3 Å². The molecule has 0 spiro atoms. The Morgan fingerprint density at radius 2 is 1.86 bits per heavy atom. The average Bonchev–Trinajstić information content (AvgIpc) is 2.34. The molecule has 6 nitrogen and oxygen atoms in total. The van der Waals surface area contributed by atoms with Crippen LogP contribution in [0.4, 0.5) is 4.79 Å². The molecule has 2 N–H and O–H groups in total. The lowest BCUT2D eigenvalue weighted by atomic mass is 9.98. The molecule has 0 aromatic rings. The Hall–Kier alpha value is -1.56. The monoisotopic (exact) mass is 301 g/mol. The number of alkyl carbamates (subject to hydrolysis) is 1. The smallest absolute Gasteiger partial charge is 0.407 e. The van der Waals surface area contributed by atoms with E-state index in [0.29, 0.717) is 0 Å². The number of rotatable bonds is 6. The fourth-order valence-electron chi connectivity index (χ4n) is 1.61. The van der Waals surface area contributed by atoms with Crippen LogP contribution in [0.5, 0.6) is 0 Å². The van der Waals surface area contributed by atoms with Crippen molar-refractivity contribution in [1.29, 1.82) is 0 Å². The second-order valence-electron chi connectivity index (χ2n) is 5.99. The van der Waals surface area contributed by atoms with E-state index in [4.69, 9.17) is 4.74 Å². The highest BCUT2D eigenvalue weighted by atomic mass is 16.6. The molecule has 3 atom stereocenters. The number of hydrogen-bond acceptors (Lipinski definition) is 5. The average molecular weight is 301 g/mol. The fraction of sp³-hybridized carbons (Fsp3) is 0.733. The summed E-state index contributed by atoms with van der Waals surface area (Å²) in [7, 11) is 1.32. The normalized spacial score (nSPS) is 16.1. The molecule has 0 rings (SSSR count). The van der Waals surface area contributed by atoms with Gasteiger partial charge < -0.3 is 19.9 Å². The van der Waals surface area contributed by atoms with E-state index in [-0.39, 0.29) is 18.3 Å². The summed E-state index contributed by atoms with van der Waals surface area (Å²) in [5.74, 6) is -0.563. The summed E-state index contributed by atoms with van der Waals surface area (Å²) < 4.78 is 9.64. The molecule has 0 saturated carbocycles. The number of carbonyl (C=O) groups excluding carboxylic acids is 2. The number of nitrogens with one attached hydrogen (secondary N) is 1. The van der Waals surface area contributed by atoms with Crippen LogP contribution >= 0.6 is 0 Å². The number of aliphatic hydroxyl groups is 1. The number of carbonyl (C=O) groups is 2. The minimum Gasteiger partial charge on any atom is -0.469 e. The van der Waals surface area contributed by atoms with Crippen molar-refractivity contribution < 1.29 is 24.2 Å². The Labute approximate surface area is 126 Å². The van der Waals surface area contributed by atoms with Crippen molar-refractivity contribution in [2.45, 2.75) is 58.8 Å². The second kappa shape index (κ2) is 8.67. The summed E-state index contributed by atoms with van der Waals surface area (Å²) in [5, 5.41) is 12.7. The van der Waals surface area contributed by atoms with Crippen molar-refractivity contribution in [3.05, 3.63) is 12.2 Å². The zero-order chi connectivity index (χ0) is 16.6. The second-order valence-corrected chi connectivity index (χ2v) is 5.99. The molecule has 0 aliphatic carbocycles. The van der Waals surface area contributed by atoms with Gasteiger partial charge in [-0.05, 0) is 27.7 Å². The first-order valence-corrected chi connectivity index (χ1v) is 6.98. The maximum Gasteiger partial charge on any atom is 0.407 e. The molecule has 1 amide bonds. The lowest BCUT2D eigenvalue weighted by molar-refractivity contribution is -0.139. The van der Waals surface area contributed by atoms with Crippen molar-refractivity contribution in [3.63, 3.8) is 0 Å². The summed E-state index contributed by atoms with van der Waals surface area (Å²) in [6.07, 6.45) is 2.15. The summed E-state index contributed by atoms with van der Waals surface area (Å²) in [5.41, 5.74) is -0.583. The first-order valence-electron chi connectivity index (χ1n) is 6.98. The molecule has 6 heteroatoms. The Bertz CT molecular complexity index is 373. The predicted molar refractivity (Wildman–Crippen MR) is 79.8 cm³/mol. The molecule has 0 aliphatic heterocycles.